The summed E-state index contributed by atoms with van der Waals surface area (Å²) >= 11 is 1.69. The molecule has 3 aliphatic rings. The summed E-state index contributed by atoms with van der Waals surface area (Å²) in [6.07, 6.45) is 0.963. The number of carbonyl (C=O) groups excluding carboxylic acids is 2. The van der Waals surface area contributed by atoms with Crippen LogP contribution in [0.15, 0.2) is 60.7 Å². The van der Waals surface area contributed by atoms with E-state index in [4.69, 9.17) is 0 Å². The summed E-state index contributed by atoms with van der Waals surface area (Å²) in [5.74, 6) is 1.69. The van der Waals surface area contributed by atoms with Crippen molar-refractivity contribution in [3.8, 4) is 0 Å². The monoisotopic (exact) mass is 466 g/mol. The third-order valence-corrected chi connectivity index (χ3v) is 8.37. The van der Waals surface area contributed by atoms with Crippen molar-refractivity contribution < 1.29 is 19.4 Å². The fraction of sp³-hybridized carbons (Fsp3) is 0.462. The Kier molecular flexibility index (Phi) is 6.99. The number of piperazine rings is 2. The molecular weight excluding hydrogens is 432 g/mol. The van der Waals surface area contributed by atoms with Gasteiger partial charge in [0, 0.05) is 29.8 Å². The van der Waals surface area contributed by atoms with Crippen molar-refractivity contribution in [2.24, 2.45) is 0 Å². The number of nitrogens with one attached hydrogen (secondary N) is 2. The standard InChI is InChI=1S/C26H32N4O2S/c31-24-18-29(26(32)23-19-33-20-30(23)24)13-7-12-27-14-16-28(17-15-27)25(21-8-3-1-4-9-21)22-10-5-2-6-11-22/h1-6,8-11,23,25H,7,12-20H2/p+2/t23-/m0/s1. The van der Waals surface area contributed by atoms with Crippen LogP contribution in [-0.4, -0.2) is 85.1 Å². The van der Waals surface area contributed by atoms with Crippen molar-refractivity contribution >= 4 is 23.6 Å². The van der Waals surface area contributed by atoms with Crippen molar-refractivity contribution in [1.29, 1.82) is 0 Å². The van der Waals surface area contributed by atoms with Crippen molar-refractivity contribution in [2.75, 3.05) is 57.4 Å². The number of thioether (sulfide) groups is 1. The summed E-state index contributed by atoms with van der Waals surface area (Å²) in [7, 11) is 0. The van der Waals surface area contributed by atoms with Gasteiger partial charge in [-0.1, -0.05) is 60.7 Å². The molecule has 2 aromatic rings. The van der Waals surface area contributed by atoms with Gasteiger partial charge in [0.25, 0.3) is 0 Å². The maximum atomic E-state index is 12.7. The first kappa shape index (κ1) is 22.4. The minimum Gasteiger partial charge on any atom is -0.331 e. The maximum absolute atomic E-state index is 12.7. The van der Waals surface area contributed by atoms with Crippen LogP contribution in [0.5, 0.6) is 0 Å². The van der Waals surface area contributed by atoms with E-state index >= 15 is 0 Å². The average Bonchev–Trinajstić information content (AvgIpc) is 3.36. The van der Waals surface area contributed by atoms with Crippen LogP contribution < -0.4 is 9.80 Å². The molecule has 0 aromatic heterocycles. The third-order valence-electron chi connectivity index (χ3n) is 7.36. The van der Waals surface area contributed by atoms with E-state index in [9.17, 15) is 9.59 Å². The maximum Gasteiger partial charge on any atom is 0.246 e. The third kappa shape index (κ3) is 4.95. The smallest absolute Gasteiger partial charge is 0.246 e. The number of quaternary nitrogens is 2. The van der Waals surface area contributed by atoms with Gasteiger partial charge in [-0.15, -0.1) is 11.8 Å². The molecule has 2 N–H and O–H groups in total. The highest BCUT2D eigenvalue weighted by Gasteiger charge is 2.42. The number of hydrogen-bond acceptors (Lipinski definition) is 3. The highest BCUT2D eigenvalue weighted by molar-refractivity contribution is 7.99. The first-order valence-corrected chi connectivity index (χ1v) is 13.3. The molecule has 33 heavy (non-hydrogen) atoms. The zero-order valence-corrected chi connectivity index (χ0v) is 19.9. The van der Waals surface area contributed by atoms with Gasteiger partial charge in [-0.05, 0) is 0 Å². The summed E-state index contributed by atoms with van der Waals surface area (Å²) in [5, 5.41) is 0. The second kappa shape index (κ2) is 10.3. The van der Waals surface area contributed by atoms with Crippen LogP contribution >= 0.6 is 11.8 Å². The second-order valence-electron chi connectivity index (χ2n) is 9.41. The molecule has 0 radical (unpaired) electrons. The Hall–Kier alpha value is -2.35. The van der Waals surface area contributed by atoms with E-state index in [0.717, 1.165) is 44.9 Å². The summed E-state index contributed by atoms with van der Waals surface area (Å²) in [6.45, 7) is 6.60. The topological polar surface area (TPSA) is 49.5 Å². The molecule has 174 valence electrons. The number of fused-ring (bicyclic) bond motifs is 1. The van der Waals surface area contributed by atoms with Gasteiger partial charge in [-0.2, -0.15) is 0 Å². The number of nitrogens with zero attached hydrogens (tertiary/aromatic N) is 2. The van der Waals surface area contributed by atoms with E-state index in [-0.39, 0.29) is 24.4 Å². The predicted molar refractivity (Wildman–Crippen MR) is 130 cm³/mol. The van der Waals surface area contributed by atoms with E-state index in [1.165, 1.54) is 11.1 Å². The lowest BCUT2D eigenvalue weighted by Crippen LogP contribution is -3.28. The quantitative estimate of drug-likeness (QED) is 0.589. The lowest BCUT2D eigenvalue weighted by molar-refractivity contribution is -1.02. The van der Waals surface area contributed by atoms with Gasteiger partial charge in [-0.3, -0.25) is 9.59 Å². The number of rotatable bonds is 7. The second-order valence-corrected chi connectivity index (χ2v) is 10.4. The van der Waals surface area contributed by atoms with Gasteiger partial charge >= 0.3 is 0 Å². The minimum atomic E-state index is -0.219. The number of carbonyl (C=O) groups is 2. The molecule has 3 aliphatic heterocycles. The Bertz CT molecular complexity index is 910. The molecule has 3 heterocycles. The van der Waals surface area contributed by atoms with Crippen molar-refractivity contribution in [1.82, 2.24) is 9.80 Å². The molecule has 0 saturated carbocycles. The van der Waals surface area contributed by atoms with Gasteiger partial charge in [0.15, 0.2) is 0 Å². The molecule has 0 unspecified atom stereocenters. The normalized spacial score (nSPS) is 25.5. The minimum absolute atomic E-state index is 0.113. The van der Waals surface area contributed by atoms with E-state index in [1.54, 1.807) is 31.4 Å². The van der Waals surface area contributed by atoms with Crippen LogP contribution in [0.1, 0.15) is 23.6 Å². The van der Waals surface area contributed by atoms with Crippen LogP contribution in [0.4, 0.5) is 0 Å². The number of amides is 2. The Balaban J connectivity index is 1.14. The molecular formula is C26H34N4O2S+2. The summed E-state index contributed by atoms with van der Waals surface area (Å²) in [5.41, 5.74) is 2.77. The zero-order valence-electron chi connectivity index (χ0n) is 19.1. The van der Waals surface area contributed by atoms with Crippen LogP contribution in [-0.2, 0) is 9.59 Å². The summed E-state index contributed by atoms with van der Waals surface area (Å²) < 4.78 is 0. The average molecular weight is 467 g/mol. The SMILES string of the molecule is O=C1[C@@H]2CSCN2C(=O)CN1CCC[NH+]1CC[NH+](C(c2ccccc2)c2ccccc2)CC1. The van der Waals surface area contributed by atoms with Crippen LogP contribution in [0.25, 0.3) is 0 Å². The lowest BCUT2D eigenvalue weighted by Gasteiger charge is -2.37. The molecule has 1 atom stereocenters. The van der Waals surface area contributed by atoms with Crippen LogP contribution in [0, 0.1) is 0 Å². The first-order chi connectivity index (χ1) is 16.2. The van der Waals surface area contributed by atoms with Crippen LogP contribution in [0.2, 0.25) is 0 Å². The summed E-state index contributed by atoms with van der Waals surface area (Å²) in [4.78, 5) is 31.9. The predicted octanol–water partition coefficient (Wildman–Crippen LogP) is -0.307. The Morgan fingerprint density at radius 3 is 2.18 bits per heavy atom. The molecule has 2 aromatic carbocycles. The van der Waals surface area contributed by atoms with Crippen molar-refractivity contribution in [3.63, 3.8) is 0 Å². The van der Waals surface area contributed by atoms with E-state index in [1.807, 2.05) is 0 Å². The molecule has 3 fully saturated rings. The van der Waals surface area contributed by atoms with Gasteiger partial charge in [-0.25, -0.2) is 0 Å². The molecule has 3 saturated heterocycles. The first-order valence-electron chi connectivity index (χ1n) is 12.1. The van der Waals surface area contributed by atoms with Gasteiger partial charge < -0.3 is 19.6 Å². The van der Waals surface area contributed by atoms with E-state index in [2.05, 4.69) is 60.7 Å². The fourth-order valence-electron chi connectivity index (χ4n) is 5.56. The molecule has 0 spiro atoms. The molecule has 0 bridgehead atoms. The fourth-order valence-corrected chi connectivity index (χ4v) is 6.73. The van der Waals surface area contributed by atoms with Gasteiger partial charge in [0.1, 0.15) is 38.3 Å². The number of benzene rings is 2. The Labute approximate surface area is 200 Å². The molecule has 6 nitrogen and oxygen atoms in total. The highest BCUT2D eigenvalue weighted by Crippen LogP contribution is 2.26. The molecule has 5 rings (SSSR count). The largest absolute Gasteiger partial charge is 0.331 e. The zero-order chi connectivity index (χ0) is 22.6. The molecule has 2 amide bonds. The summed E-state index contributed by atoms with van der Waals surface area (Å²) in [6, 6.07) is 21.9. The van der Waals surface area contributed by atoms with Crippen LogP contribution in [0.3, 0.4) is 0 Å². The highest BCUT2D eigenvalue weighted by atomic mass is 32.2. The Morgan fingerprint density at radius 1 is 0.909 bits per heavy atom. The Morgan fingerprint density at radius 2 is 1.55 bits per heavy atom. The number of hydrogen-bond donors (Lipinski definition) is 2. The van der Waals surface area contributed by atoms with Gasteiger partial charge in [0.2, 0.25) is 11.8 Å². The van der Waals surface area contributed by atoms with E-state index < -0.39 is 0 Å². The van der Waals surface area contributed by atoms with Crippen molar-refractivity contribution in [3.05, 3.63) is 71.8 Å². The van der Waals surface area contributed by atoms with E-state index in [0.29, 0.717) is 18.5 Å². The molecule has 0 aliphatic carbocycles. The molecule has 7 heteroatoms. The van der Waals surface area contributed by atoms with Crippen molar-refractivity contribution in [2.45, 2.75) is 18.5 Å². The lowest BCUT2D eigenvalue weighted by atomic mass is 9.96. The van der Waals surface area contributed by atoms with Gasteiger partial charge in [0.05, 0.1) is 19.0 Å².